The largest absolute Gasteiger partial charge is 0.379 e. The zero-order valence-corrected chi connectivity index (χ0v) is 15.2. The molecule has 0 spiro atoms. The molecule has 2 heterocycles. The third-order valence-electron chi connectivity index (χ3n) is 4.26. The second-order valence-electron chi connectivity index (χ2n) is 6.65. The van der Waals surface area contributed by atoms with Crippen LogP contribution in [0.5, 0.6) is 0 Å². The maximum atomic E-state index is 5.45. The van der Waals surface area contributed by atoms with Crippen molar-refractivity contribution in [2.75, 3.05) is 45.9 Å². The van der Waals surface area contributed by atoms with E-state index in [1.165, 1.54) is 5.56 Å². The number of aromatic nitrogens is 1. The standard InChI is InChI=1S/C18H31N5O/c1-4-20-17(21-9-7-16-6-5-8-19-14-16)22-15-18(2,3)23-10-12-24-13-11-23/h5-6,8,14H,4,7,9-13,15H2,1-3H3,(H2,20,21,22). The minimum absolute atomic E-state index is 0.0372. The number of guanidine groups is 1. The molecular weight excluding hydrogens is 302 g/mol. The monoisotopic (exact) mass is 333 g/mol. The molecule has 1 fully saturated rings. The van der Waals surface area contributed by atoms with Crippen molar-refractivity contribution in [2.24, 2.45) is 4.99 Å². The molecule has 1 aromatic rings. The summed E-state index contributed by atoms with van der Waals surface area (Å²) >= 11 is 0. The summed E-state index contributed by atoms with van der Waals surface area (Å²) in [6, 6.07) is 4.07. The number of rotatable bonds is 7. The fourth-order valence-electron chi connectivity index (χ4n) is 2.75. The molecule has 6 nitrogen and oxygen atoms in total. The molecular formula is C18H31N5O. The molecule has 0 aliphatic carbocycles. The van der Waals surface area contributed by atoms with Crippen molar-refractivity contribution in [3.63, 3.8) is 0 Å². The van der Waals surface area contributed by atoms with E-state index >= 15 is 0 Å². The van der Waals surface area contributed by atoms with Crippen molar-refractivity contribution in [2.45, 2.75) is 32.7 Å². The van der Waals surface area contributed by atoms with Gasteiger partial charge in [0.05, 0.1) is 19.8 Å². The molecule has 0 aromatic carbocycles. The Morgan fingerprint density at radius 3 is 2.79 bits per heavy atom. The van der Waals surface area contributed by atoms with Crippen LogP contribution in [0, 0.1) is 0 Å². The molecule has 1 aliphatic heterocycles. The van der Waals surface area contributed by atoms with Crippen LogP contribution < -0.4 is 10.6 Å². The van der Waals surface area contributed by atoms with Gasteiger partial charge in [-0.15, -0.1) is 0 Å². The molecule has 0 radical (unpaired) electrons. The number of pyridine rings is 1. The molecule has 0 unspecified atom stereocenters. The van der Waals surface area contributed by atoms with Gasteiger partial charge in [-0.25, -0.2) is 0 Å². The summed E-state index contributed by atoms with van der Waals surface area (Å²) in [7, 11) is 0. The van der Waals surface area contributed by atoms with Crippen LogP contribution in [-0.4, -0.2) is 67.3 Å². The van der Waals surface area contributed by atoms with E-state index in [0.717, 1.165) is 58.3 Å². The third-order valence-corrected chi connectivity index (χ3v) is 4.26. The minimum atomic E-state index is 0.0372. The average molecular weight is 333 g/mol. The van der Waals surface area contributed by atoms with Gasteiger partial charge in [0.1, 0.15) is 0 Å². The lowest BCUT2D eigenvalue weighted by atomic mass is 10.0. The van der Waals surface area contributed by atoms with E-state index in [1.54, 1.807) is 6.20 Å². The fourth-order valence-corrected chi connectivity index (χ4v) is 2.75. The van der Waals surface area contributed by atoms with E-state index in [1.807, 2.05) is 12.3 Å². The maximum Gasteiger partial charge on any atom is 0.191 e. The normalized spacial score (nSPS) is 16.9. The second kappa shape index (κ2) is 9.59. The molecule has 0 amide bonds. The van der Waals surface area contributed by atoms with Gasteiger partial charge in [0, 0.05) is 44.1 Å². The lowest BCUT2D eigenvalue weighted by Gasteiger charge is -2.39. The van der Waals surface area contributed by atoms with Gasteiger partial charge in [0.2, 0.25) is 0 Å². The van der Waals surface area contributed by atoms with Crippen molar-refractivity contribution in [3.8, 4) is 0 Å². The van der Waals surface area contributed by atoms with Crippen LogP contribution in [0.3, 0.4) is 0 Å². The topological polar surface area (TPSA) is 61.8 Å². The van der Waals surface area contributed by atoms with E-state index in [2.05, 4.69) is 47.4 Å². The number of nitrogens with zero attached hydrogens (tertiary/aromatic N) is 3. The lowest BCUT2D eigenvalue weighted by Crippen LogP contribution is -2.52. The summed E-state index contributed by atoms with van der Waals surface area (Å²) in [5.41, 5.74) is 1.27. The highest BCUT2D eigenvalue weighted by Gasteiger charge is 2.27. The van der Waals surface area contributed by atoms with Gasteiger partial charge in [-0.05, 0) is 38.8 Å². The number of morpholine rings is 1. The molecule has 0 saturated carbocycles. The summed E-state index contributed by atoms with van der Waals surface area (Å²) in [5.74, 6) is 0.878. The van der Waals surface area contributed by atoms with Crippen molar-refractivity contribution >= 4 is 5.96 Å². The molecule has 134 valence electrons. The summed E-state index contributed by atoms with van der Waals surface area (Å²) in [5, 5.41) is 6.74. The van der Waals surface area contributed by atoms with Gasteiger partial charge in [-0.3, -0.25) is 14.9 Å². The highest BCUT2D eigenvalue weighted by molar-refractivity contribution is 5.79. The first kappa shape index (κ1) is 18.7. The zero-order valence-electron chi connectivity index (χ0n) is 15.2. The van der Waals surface area contributed by atoms with Gasteiger partial charge in [0.25, 0.3) is 0 Å². The Balaban J connectivity index is 1.84. The number of hydrogen-bond donors (Lipinski definition) is 2. The molecule has 0 atom stereocenters. The minimum Gasteiger partial charge on any atom is -0.379 e. The summed E-state index contributed by atoms with van der Waals surface area (Å²) in [6.07, 6.45) is 4.65. The van der Waals surface area contributed by atoms with E-state index in [9.17, 15) is 0 Å². The van der Waals surface area contributed by atoms with Gasteiger partial charge >= 0.3 is 0 Å². The van der Waals surface area contributed by atoms with Crippen molar-refractivity contribution in [1.82, 2.24) is 20.5 Å². The van der Waals surface area contributed by atoms with Crippen LogP contribution >= 0.6 is 0 Å². The Hall–Kier alpha value is -1.66. The van der Waals surface area contributed by atoms with Crippen molar-refractivity contribution in [1.29, 1.82) is 0 Å². The first-order valence-electron chi connectivity index (χ1n) is 8.85. The van der Waals surface area contributed by atoms with Gasteiger partial charge in [-0.1, -0.05) is 6.07 Å². The molecule has 0 bridgehead atoms. The average Bonchev–Trinajstić information content (AvgIpc) is 2.61. The zero-order chi connectivity index (χ0) is 17.3. The molecule has 2 rings (SSSR count). The molecule has 1 saturated heterocycles. The lowest BCUT2D eigenvalue weighted by molar-refractivity contribution is -0.00683. The van der Waals surface area contributed by atoms with Gasteiger partial charge in [0.15, 0.2) is 5.96 Å². The molecule has 2 N–H and O–H groups in total. The van der Waals surface area contributed by atoms with Crippen molar-refractivity contribution in [3.05, 3.63) is 30.1 Å². The quantitative estimate of drug-likeness (QED) is 0.582. The molecule has 6 heteroatoms. The SMILES string of the molecule is CCNC(=NCC(C)(C)N1CCOCC1)NCCc1cccnc1. The van der Waals surface area contributed by atoms with Gasteiger partial charge in [-0.2, -0.15) is 0 Å². The van der Waals surface area contributed by atoms with Crippen LogP contribution in [0.2, 0.25) is 0 Å². The third kappa shape index (κ3) is 6.09. The van der Waals surface area contributed by atoms with Crippen LogP contribution in [0.1, 0.15) is 26.3 Å². The molecule has 1 aliphatic rings. The first-order chi connectivity index (χ1) is 11.6. The number of aliphatic imine (C=N–C) groups is 1. The Morgan fingerprint density at radius 1 is 1.33 bits per heavy atom. The smallest absolute Gasteiger partial charge is 0.191 e. The Kier molecular flexibility index (Phi) is 7.46. The first-order valence-corrected chi connectivity index (χ1v) is 8.85. The Morgan fingerprint density at radius 2 is 2.12 bits per heavy atom. The fraction of sp³-hybridized carbons (Fsp3) is 0.667. The highest BCUT2D eigenvalue weighted by atomic mass is 16.5. The van der Waals surface area contributed by atoms with Crippen LogP contribution in [0.25, 0.3) is 0 Å². The summed E-state index contributed by atoms with van der Waals surface area (Å²) < 4.78 is 5.45. The number of ether oxygens (including phenoxy) is 1. The Bertz CT molecular complexity index is 497. The van der Waals surface area contributed by atoms with E-state index in [0.29, 0.717) is 0 Å². The Labute approximate surface area is 145 Å². The maximum absolute atomic E-state index is 5.45. The number of nitrogens with one attached hydrogen (secondary N) is 2. The molecule has 24 heavy (non-hydrogen) atoms. The summed E-state index contributed by atoms with van der Waals surface area (Å²) in [4.78, 5) is 11.4. The van der Waals surface area contributed by atoms with Crippen LogP contribution in [-0.2, 0) is 11.2 Å². The predicted octanol–water partition coefficient (Wildman–Crippen LogP) is 1.29. The van der Waals surface area contributed by atoms with Crippen molar-refractivity contribution < 1.29 is 4.74 Å². The van der Waals surface area contributed by atoms with Gasteiger partial charge < -0.3 is 15.4 Å². The molecule has 1 aromatic heterocycles. The number of hydrogen-bond acceptors (Lipinski definition) is 4. The predicted molar refractivity (Wildman–Crippen MR) is 98.4 cm³/mol. The summed E-state index contributed by atoms with van der Waals surface area (Å²) in [6.45, 7) is 12.6. The highest BCUT2D eigenvalue weighted by Crippen LogP contribution is 2.16. The van der Waals surface area contributed by atoms with E-state index in [4.69, 9.17) is 9.73 Å². The van der Waals surface area contributed by atoms with E-state index < -0.39 is 0 Å². The second-order valence-corrected chi connectivity index (χ2v) is 6.65. The van der Waals surface area contributed by atoms with Crippen LogP contribution in [0.4, 0.5) is 0 Å². The van der Waals surface area contributed by atoms with E-state index in [-0.39, 0.29) is 5.54 Å². The van der Waals surface area contributed by atoms with Crippen LogP contribution in [0.15, 0.2) is 29.5 Å².